The molecule has 1 aromatic carbocycles. The molecule has 9 heteroatoms. The third kappa shape index (κ3) is 3.69. The zero-order valence-corrected chi connectivity index (χ0v) is 13.1. The maximum absolute atomic E-state index is 12.6. The number of anilines is 1. The molecule has 1 atom stereocenters. The highest BCUT2D eigenvalue weighted by atomic mass is 32.2. The summed E-state index contributed by atoms with van der Waals surface area (Å²) in [7, 11) is -2.55. The van der Waals surface area contributed by atoms with Gasteiger partial charge in [-0.2, -0.15) is 4.31 Å². The van der Waals surface area contributed by atoms with E-state index >= 15 is 0 Å². The van der Waals surface area contributed by atoms with Crippen LogP contribution >= 0.6 is 0 Å². The lowest BCUT2D eigenvalue weighted by atomic mass is 10.2. The SMILES string of the molecule is CCCC(C)N(C)S(=O)(=O)c1cc(NN)ccc1[N+](=O)[O-]. The van der Waals surface area contributed by atoms with Gasteiger partial charge >= 0.3 is 0 Å². The molecule has 0 saturated carbocycles. The number of sulfonamides is 1. The van der Waals surface area contributed by atoms with Crippen LogP contribution in [0.2, 0.25) is 0 Å². The highest BCUT2D eigenvalue weighted by molar-refractivity contribution is 7.89. The maximum atomic E-state index is 12.6. The molecule has 8 nitrogen and oxygen atoms in total. The van der Waals surface area contributed by atoms with Gasteiger partial charge in [-0.25, -0.2) is 8.42 Å². The predicted molar refractivity (Wildman–Crippen MR) is 80.2 cm³/mol. The van der Waals surface area contributed by atoms with Crippen LogP contribution in [0, 0.1) is 10.1 Å². The summed E-state index contributed by atoms with van der Waals surface area (Å²) in [6.45, 7) is 3.70. The molecule has 0 aliphatic carbocycles. The van der Waals surface area contributed by atoms with E-state index < -0.39 is 20.6 Å². The van der Waals surface area contributed by atoms with Gasteiger partial charge in [0.1, 0.15) is 0 Å². The van der Waals surface area contributed by atoms with Gasteiger partial charge in [0.25, 0.3) is 5.69 Å². The molecule has 21 heavy (non-hydrogen) atoms. The normalized spacial score (nSPS) is 13.2. The second-order valence-corrected chi connectivity index (χ2v) is 6.71. The number of nitro groups is 1. The van der Waals surface area contributed by atoms with Crippen LogP contribution in [0.5, 0.6) is 0 Å². The summed E-state index contributed by atoms with van der Waals surface area (Å²) in [6, 6.07) is 3.39. The van der Waals surface area contributed by atoms with Crippen molar-refractivity contribution in [3.05, 3.63) is 28.3 Å². The summed E-state index contributed by atoms with van der Waals surface area (Å²) in [5.74, 6) is 5.24. The van der Waals surface area contributed by atoms with Crippen molar-refractivity contribution in [2.24, 2.45) is 5.84 Å². The first kappa shape index (κ1) is 17.3. The number of nitrogens with one attached hydrogen (secondary N) is 1. The average molecular weight is 316 g/mol. The number of benzene rings is 1. The van der Waals surface area contributed by atoms with E-state index in [2.05, 4.69) is 5.43 Å². The largest absolute Gasteiger partial charge is 0.324 e. The second kappa shape index (κ2) is 6.83. The van der Waals surface area contributed by atoms with Crippen molar-refractivity contribution in [1.82, 2.24) is 4.31 Å². The van der Waals surface area contributed by atoms with E-state index in [9.17, 15) is 18.5 Å². The van der Waals surface area contributed by atoms with Crippen LogP contribution in [0.25, 0.3) is 0 Å². The molecule has 3 N–H and O–H groups in total. The number of hydrogen-bond acceptors (Lipinski definition) is 6. The van der Waals surface area contributed by atoms with Gasteiger partial charge < -0.3 is 5.43 Å². The van der Waals surface area contributed by atoms with E-state index in [-0.39, 0.29) is 16.6 Å². The Kier molecular flexibility index (Phi) is 5.64. The van der Waals surface area contributed by atoms with Crippen molar-refractivity contribution in [1.29, 1.82) is 0 Å². The quantitative estimate of drug-likeness (QED) is 0.449. The Morgan fingerprint density at radius 3 is 2.57 bits per heavy atom. The molecular weight excluding hydrogens is 296 g/mol. The van der Waals surface area contributed by atoms with Gasteiger partial charge in [-0.3, -0.25) is 16.0 Å². The summed E-state index contributed by atoms with van der Waals surface area (Å²) < 4.78 is 26.3. The zero-order valence-electron chi connectivity index (χ0n) is 12.2. The molecule has 0 bridgehead atoms. The topological polar surface area (TPSA) is 119 Å². The van der Waals surface area contributed by atoms with Crippen molar-refractivity contribution < 1.29 is 13.3 Å². The molecule has 0 aromatic heterocycles. The van der Waals surface area contributed by atoms with E-state index in [4.69, 9.17) is 5.84 Å². The van der Waals surface area contributed by atoms with Gasteiger partial charge in [0.05, 0.1) is 10.6 Å². The number of rotatable bonds is 7. The van der Waals surface area contributed by atoms with E-state index in [0.29, 0.717) is 6.42 Å². The number of hydrogen-bond donors (Lipinski definition) is 2. The van der Waals surface area contributed by atoms with Crippen LogP contribution < -0.4 is 11.3 Å². The van der Waals surface area contributed by atoms with E-state index in [1.165, 1.54) is 19.2 Å². The van der Waals surface area contributed by atoms with Crippen LogP contribution in [-0.2, 0) is 10.0 Å². The van der Waals surface area contributed by atoms with Gasteiger partial charge in [0.2, 0.25) is 10.0 Å². The minimum Gasteiger partial charge on any atom is -0.324 e. The lowest BCUT2D eigenvalue weighted by Gasteiger charge is -2.24. The van der Waals surface area contributed by atoms with Crippen molar-refractivity contribution >= 4 is 21.4 Å². The maximum Gasteiger partial charge on any atom is 0.289 e. The lowest BCUT2D eigenvalue weighted by molar-refractivity contribution is -0.387. The highest BCUT2D eigenvalue weighted by Crippen LogP contribution is 2.30. The third-order valence-corrected chi connectivity index (χ3v) is 5.31. The molecule has 0 aliphatic heterocycles. The number of nitro benzene ring substituents is 1. The molecule has 0 aliphatic rings. The van der Waals surface area contributed by atoms with Gasteiger partial charge in [-0.1, -0.05) is 13.3 Å². The number of nitrogens with zero attached hydrogens (tertiary/aromatic N) is 2. The fourth-order valence-electron chi connectivity index (χ4n) is 1.95. The fourth-order valence-corrected chi connectivity index (χ4v) is 3.53. The number of nitrogens with two attached hydrogens (primary N) is 1. The van der Waals surface area contributed by atoms with Gasteiger partial charge in [-0.15, -0.1) is 0 Å². The highest BCUT2D eigenvalue weighted by Gasteiger charge is 2.32. The molecule has 0 heterocycles. The van der Waals surface area contributed by atoms with Gasteiger partial charge in [-0.05, 0) is 25.5 Å². The molecule has 0 spiro atoms. The summed E-state index contributed by atoms with van der Waals surface area (Å²) in [4.78, 5) is 9.97. The Morgan fingerprint density at radius 2 is 2.10 bits per heavy atom. The number of nitrogen functional groups attached to an aromatic ring is 1. The van der Waals surface area contributed by atoms with Gasteiger partial charge in [0.15, 0.2) is 4.90 Å². The van der Waals surface area contributed by atoms with Crippen LogP contribution in [0.3, 0.4) is 0 Å². The summed E-state index contributed by atoms with van der Waals surface area (Å²) in [6.07, 6.45) is 1.48. The second-order valence-electron chi connectivity index (χ2n) is 4.74. The molecule has 0 saturated heterocycles. The molecule has 0 fully saturated rings. The molecule has 1 rings (SSSR count). The predicted octanol–water partition coefficient (Wildman–Crippen LogP) is 1.69. The average Bonchev–Trinajstić information content (AvgIpc) is 2.45. The standard InChI is InChI=1S/C12H20N4O4S/c1-4-5-9(2)15(3)21(19,20)12-8-10(14-13)6-7-11(12)16(17)18/h6-9,14H,4-5,13H2,1-3H3. The van der Waals surface area contributed by atoms with E-state index in [1.807, 2.05) is 6.92 Å². The molecular formula is C12H20N4O4S. The van der Waals surface area contributed by atoms with Crippen LogP contribution in [0.4, 0.5) is 11.4 Å². The third-order valence-electron chi connectivity index (χ3n) is 3.31. The van der Waals surface area contributed by atoms with Crippen molar-refractivity contribution in [2.45, 2.75) is 37.6 Å². The Hall–Kier alpha value is -1.71. The van der Waals surface area contributed by atoms with E-state index in [1.54, 1.807) is 6.92 Å². The number of hydrazine groups is 1. The molecule has 1 unspecified atom stereocenters. The Balaban J connectivity index is 3.38. The summed E-state index contributed by atoms with van der Waals surface area (Å²) in [5.41, 5.74) is 2.11. The first-order chi connectivity index (χ1) is 9.75. The summed E-state index contributed by atoms with van der Waals surface area (Å²) >= 11 is 0. The first-order valence-electron chi connectivity index (χ1n) is 6.48. The molecule has 0 radical (unpaired) electrons. The van der Waals surface area contributed by atoms with Gasteiger partial charge in [0, 0.05) is 19.2 Å². The first-order valence-corrected chi connectivity index (χ1v) is 7.92. The van der Waals surface area contributed by atoms with E-state index in [0.717, 1.165) is 16.8 Å². The molecule has 0 amide bonds. The Morgan fingerprint density at radius 1 is 1.48 bits per heavy atom. The molecule has 1 aromatic rings. The zero-order chi connectivity index (χ0) is 16.2. The summed E-state index contributed by atoms with van der Waals surface area (Å²) in [5, 5.41) is 11.1. The molecule has 118 valence electrons. The van der Waals surface area contributed by atoms with Crippen LogP contribution in [0.15, 0.2) is 23.1 Å². The fraction of sp³-hybridized carbons (Fsp3) is 0.500. The monoisotopic (exact) mass is 316 g/mol. The van der Waals surface area contributed by atoms with Crippen molar-refractivity contribution in [3.8, 4) is 0 Å². The Bertz CT molecular complexity index is 618. The van der Waals surface area contributed by atoms with Crippen LogP contribution in [0.1, 0.15) is 26.7 Å². The Labute approximate surface area is 124 Å². The van der Waals surface area contributed by atoms with Crippen LogP contribution in [-0.4, -0.2) is 30.7 Å². The minimum absolute atomic E-state index is 0.255. The van der Waals surface area contributed by atoms with Crippen molar-refractivity contribution in [3.63, 3.8) is 0 Å². The smallest absolute Gasteiger partial charge is 0.289 e. The lowest BCUT2D eigenvalue weighted by Crippen LogP contribution is -2.35. The minimum atomic E-state index is -3.97. The van der Waals surface area contributed by atoms with Crippen molar-refractivity contribution in [2.75, 3.05) is 12.5 Å².